The normalized spacial score (nSPS) is 24.2. The predicted molar refractivity (Wildman–Crippen MR) is 70.6 cm³/mol. The largest absolute Gasteiger partial charge is 0.346 e. The molecule has 5 nitrogen and oxygen atoms in total. The molecule has 1 aliphatic rings. The van der Waals surface area contributed by atoms with Gasteiger partial charge < -0.3 is 10.6 Å². The molecule has 2 heterocycles. The topological polar surface area (TPSA) is 69.8 Å². The number of rotatable bonds is 3. The van der Waals surface area contributed by atoms with Crippen LogP contribution in [0.4, 0.5) is 0 Å². The zero-order valence-corrected chi connectivity index (χ0v) is 11.3. The van der Waals surface area contributed by atoms with Crippen LogP contribution in [0, 0.1) is 0 Å². The van der Waals surface area contributed by atoms with E-state index in [0.29, 0.717) is 17.7 Å². The summed E-state index contributed by atoms with van der Waals surface area (Å²) in [6.45, 7) is 7.28. The molecular weight excluding hydrogens is 228 g/mol. The van der Waals surface area contributed by atoms with Gasteiger partial charge in [-0.3, -0.25) is 9.89 Å². The molecule has 1 saturated heterocycles. The Morgan fingerprint density at radius 1 is 1.56 bits per heavy atom. The fourth-order valence-electron chi connectivity index (χ4n) is 2.23. The van der Waals surface area contributed by atoms with Gasteiger partial charge in [-0.1, -0.05) is 13.8 Å². The number of amides is 1. The molecule has 1 aromatic heterocycles. The minimum Gasteiger partial charge on any atom is -0.346 e. The van der Waals surface area contributed by atoms with Gasteiger partial charge in [0.15, 0.2) is 0 Å². The molecular formula is C13H22N4O. The van der Waals surface area contributed by atoms with Crippen LogP contribution in [0.25, 0.3) is 0 Å². The summed E-state index contributed by atoms with van der Waals surface area (Å²) in [7, 11) is 0. The van der Waals surface area contributed by atoms with Gasteiger partial charge >= 0.3 is 0 Å². The quantitative estimate of drug-likeness (QED) is 0.759. The third-order valence-corrected chi connectivity index (χ3v) is 3.53. The van der Waals surface area contributed by atoms with Crippen molar-refractivity contribution >= 4 is 5.91 Å². The fraction of sp³-hybridized carbons (Fsp3) is 0.692. The van der Waals surface area contributed by atoms with Gasteiger partial charge in [0.1, 0.15) is 5.69 Å². The van der Waals surface area contributed by atoms with Gasteiger partial charge in [-0.2, -0.15) is 5.10 Å². The minimum atomic E-state index is -0.0845. The minimum absolute atomic E-state index is 0.0845. The third kappa shape index (κ3) is 2.90. The van der Waals surface area contributed by atoms with Crippen molar-refractivity contribution in [2.75, 3.05) is 6.54 Å². The van der Waals surface area contributed by atoms with E-state index in [4.69, 9.17) is 0 Å². The molecule has 0 saturated carbocycles. The number of piperidine rings is 1. The summed E-state index contributed by atoms with van der Waals surface area (Å²) in [6.07, 6.45) is 2.13. The smallest absolute Gasteiger partial charge is 0.272 e. The number of H-pyrrole nitrogens is 1. The highest BCUT2D eigenvalue weighted by atomic mass is 16.2. The van der Waals surface area contributed by atoms with E-state index in [1.165, 1.54) is 0 Å². The van der Waals surface area contributed by atoms with E-state index in [1.807, 2.05) is 6.07 Å². The first-order valence-electron chi connectivity index (χ1n) is 6.67. The molecule has 100 valence electrons. The van der Waals surface area contributed by atoms with Crippen molar-refractivity contribution in [3.8, 4) is 0 Å². The second-order valence-corrected chi connectivity index (χ2v) is 5.33. The molecule has 0 aromatic carbocycles. The van der Waals surface area contributed by atoms with E-state index in [-0.39, 0.29) is 11.9 Å². The van der Waals surface area contributed by atoms with E-state index in [9.17, 15) is 4.79 Å². The summed E-state index contributed by atoms with van der Waals surface area (Å²) in [6, 6.07) is 2.36. The van der Waals surface area contributed by atoms with Crippen molar-refractivity contribution in [3.05, 3.63) is 17.5 Å². The molecule has 2 unspecified atom stereocenters. The standard InChI is InChI=1S/C13H22N4O/c1-8(2)11-7-12(17-16-11)13(18)15-10-5-4-6-14-9(10)3/h7-10,14H,4-6H2,1-3H3,(H,15,18)(H,16,17). The van der Waals surface area contributed by atoms with E-state index >= 15 is 0 Å². The Labute approximate surface area is 108 Å². The summed E-state index contributed by atoms with van der Waals surface area (Å²) in [4.78, 5) is 12.1. The number of nitrogens with one attached hydrogen (secondary N) is 3. The van der Waals surface area contributed by atoms with Gasteiger partial charge in [0.05, 0.1) is 0 Å². The number of hydrogen-bond acceptors (Lipinski definition) is 3. The van der Waals surface area contributed by atoms with Crippen LogP contribution in [0.15, 0.2) is 6.07 Å². The highest BCUT2D eigenvalue weighted by molar-refractivity contribution is 5.92. The third-order valence-electron chi connectivity index (χ3n) is 3.53. The van der Waals surface area contributed by atoms with Crippen molar-refractivity contribution in [1.82, 2.24) is 20.8 Å². The lowest BCUT2D eigenvalue weighted by Crippen LogP contribution is -2.51. The number of carbonyl (C=O) groups excluding carboxylic acids is 1. The maximum Gasteiger partial charge on any atom is 0.272 e. The van der Waals surface area contributed by atoms with Gasteiger partial charge in [0, 0.05) is 17.8 Å². The van der Waals surface area contributed by atoms with Crippen LogP contribution >= 0.6 is 0 Å². The molecule has 1 amide bonds. The molecule has 1 fully saturated rings. The summed E-state index contributed by atoms with van der Waals surface area (Å²) < 4.78 is 0. The van der Waals surface area contributed by atoms with Gasteiger partial charge in [-0.25, -0.2) is 0 Å². The highest BCUT2D eigenvalue weighted by Gasteiger charge is 2.23. The zero-order chi connectivity index (χ0) is 13.1. The summed E-state index contributed by atoms with van der Waals surface area (Å²) in [5.74, 6) is 0.271. The molecule has 0 bridgehead atoms. The van der Waals surface area contributed by atoms with Gasteiger partial charge in [-0.05, 0) is 38.3 Å². The van der Waals surface area contributed by atoms with Gasteiger partial charge in [0.25, 0.3) is 5.91 Å². The second kappa shape index (κ2) is 5.52. The van der Waals surface area contributed by atoms with Crippen LogP contribution in [-0.2, 0) is 0 Å². The van der Waals surface area contributed by atoms with E-state index in [2.05, 4.69) is 41.6 Å². The average Bonchev–Trinajstić information content (AvgIpc) is 2.81. The number of nitrogens with zero attached hydrogens (tertiary/aromatic N) is 1. The van der Waals surface area contributed by atoms with Crippen LogP contribution in [0.2, 0.25) is 0 Å². The lowest BCUT2D eigenvalue weighted by molar-refractivity contribution is 0.0914. The van der Waals surface area contributed by atoms with Crippen LogP contribution in [0.3, 0.4) is 0 Å². The first-order valence-corrected chi connectivity index (χ1v) is 6.67. The number of carbonyl (C=O) groups is 1. The van der Waals surface area contributed by atoms with Crippen LogP contribution in [0.5, 0.6) is 0 Å². The van der Waals surface area contributed by atoms with Gasteiger partial charge in [0.2, 0.25) is 0 Å². The number of hydrogen-bond donors (Lipinski definition) is 3. The lowest BCUT2D eigenvalue weighted by atomic mass is 10.00. The van der Waals surface area contributed by atoms with Gasteiger partial charge in [-0.15, -0.1) is 0 Å². The monoisotopic (exact) mass is 250 g/mol. The van der Waals surface area contributed by atoms with Crippen molar-refractivity contribution in [2.45, 2.75) is 51.6 Å². The molecule has 1 aliphatic heterocycles. The van der Waals surface area contributed by atoms with Crippen molar-refractivity contribution in [2.24, 2.45) is 0 Å². The first kappa shape index (κ1) is 13.1. The molecule has 5 heteroatoms. The molecule has 0 radical (unpaired) electrons. The number of aromatic nitrogens is 2. The van der Waals surface area contributed by atoms with Crippen LogP contribution < -0.4 is 10.6 Å². The average molecular weight is 250 g/mol. The zero-order valence-electron chi connectivity index (χ0n) is 11.3. The molecule has 18 heavy (non-hydrogen) atoms. The first-order chi connectivity index (χ1) is 8.58. The molecule has 3 N–H and O–H groups in total. The SMILES string of the molecule is CC(C)c1cc(C(=O)NC2CCCNC2C)n[nH]1. The Morgan fingerprint density at radius 3 is 2.94 bits per heavy atom. The fourth-order valence-corrected chi connectivity index (χ4v) is 2.23. The molecule has 1 aromatic rings. The highest BCUT2D eigenvalue weighted by Crippen LogP contribution is 2.13. The number of aromatic amines is 1. The summed E-state index contributed by atoms with van der Waals surface area (Å²) in [5, 5.41) is 13.4. The molecule has 0 aliphatic carbocycles. The Balaban J connectivity index is 1.98. The second-order valence-electron chi connectivity index (χ2n) is 5.33. The summed E-state index contributed by atoms with van der Waals surface area (Å²) >= 11 is 0. The van der Waals surface area contributed by atoms with Crippen LogP contribution in [-0.4, -0.2) is 34.7 Å². The molecule has 2 rings (SSSR count). The summed E-state index contributed by atoms with van der Waals surface area (Å²) in [5.41, 5.74) is 1.48. The van der Waals surface area contributed by atoms with E-state index in [0.717, 1.165) is 25.1 Å². The Hall–Kier alpha value is -1.36. The lowest BCUT2D eigenvalue weighted by Gasteiger charge is -2.30. The maximum atomic E-state index is 12.1. The Bertz CT molecular complexity index is 413. The van der Waals surface area contributed by atoms with Crippen molar-refractivity contribution in [3.63, 3.8) is 0 Å². The maximum absolute atomic E-state index is 12.1. The molecule has 0 spiro atoms. The van der Waals surface area contributed by atoms with Crippen molar-refractivity contribution in [1.29, 1.82) is 0 Å². The van der Waals surface area contributed by atoms with Crippen molar-refractivity contribution < 1.29 is 4.79 Å². The van der Waals surface area contributed by atoms with E-state index in [1.54, 1.807) is 0 Å². The molecule has 2 atom stereocenters. The Kier molecular flexibility index (Phi) is 4.01. The predicted octanol–water partition coefficient (Wildman–Crippen LogP) is 1.40. The Morgan fingerprint density at radius 2 is 2.33 bits per heavy atom. The van der Waals surface area contributed by atoms with Crippen LogP contribution in [0.1, 0.15) is 55.7 Å². The van der Waals surface area contributed by atoms with E-state index < -0.39 is 0 Å².